The van der Waals surface area contributed by atoms with E-state index < -0.39 is 0 Å². The van der Waals surface area contributed by atoms with Gasteiger partial charge in [-0.1, -0.05) is 30.3 Å². The molecular formula is C16H19NOS. The molecule has 1 heterocycles. The molecule has 1 aromatic heterocycles. The van der Waals surface area contributed by atoms with Crippen LogP contribution in [0.2, 0.25) is 0 Å². The minimum atomic E-state index is -0.165. The molecule has 1 fully saturated rings. The standard InChI is InChI=1S/C16H19NOS/c18-16-7-6-13(12-4-2-1-3-5-12)8-14(16)9-15-10-19-11-17-15/h1-5,10-11,13-14,16,18H,6-9H2. The van der Waals surface area contributed by atoms with Gasteiger partial charge in [0, 0.05) is 5.38 Å². The quantitative estimate of drug-likeness (QED) is 0.926. The van der Waals surface area contributed by atoms with E-state index in [9.17, 15) is 5.11 Å². The monoisotopic (exact) mass is 273 g/mol. The zero-order valence-corrected chi connectivity index (χ0v) is 11.7. The number of aliphatic hydroxyl groups excluding tert-OH is 1. The van der Waals surface area contributed by atoms with Crippen LogP contribution in [0.3, 0.4) is 0 Å². The Morgan fingerprint density at radius 2 is 2.05 bits per heavy atom. The third-order valence-corrected chi connectivity index (χ3v) is 4.80. The molecule has 100 valence electrons. The first-order valence-corrected chi connectivity index (χ1v) is 7.87. The van der Waals surface area contributed by atoms with Gasteiger partial charge in [-0.15, -0.1) is 11.3 Å². The van der Waals surface area contributed by atoms with E-state index in [-0.39, 0.29) is 6.10 Å². The first-order valence-electron chi connectivity index (χ1n) is 6.93. The Morgan fingerprint density at radius 3 is 2.79 bits per heavy atom. The topological polar surface area (TPSA) is 33.1 Å². The van der Waals surface area contributed by atoms with Crippen molar-refractivity contribution in [3.8, 4) is 0 Å². The van der Waals surface area contributed by atoms with Crippen LogP contribution in [0.15, 0.2) is 41.2 Å². The van der Waals surface area contributed by atoms with Gasteiger partial charge in [-0.05, 0) is 43.1 Å². The Kier molecular flexibility index (Phi) is 3.95. The molecule has 0 saturated heterocycles. The smallest absolute Gasteiger partial charge is 0.0794 e. The zero-order chi connectivity index (χ0) is 13.1. The second-order valence-electron chi connectivity index (χ2n) is 5.43. The van der Waals surface area contributed by atoms with Crippen LogP contribution in [0.5, 0.6) is 0 Å². The fourth-order valence-corrected chi connectivity index (χ4v) is 3.67. The third-order valence-electron chi connectivity index (χ3n) is 4.17. The first-order chi connectivity index (χ1) is 9.33. The van der Waals surface area contributed by atoms with Crippen LogP contribution in [0.4, 0.5) is 0 Å². The Bertz CT molecular complexity index is 497. The summed E-state index contributed by atoms with van der Waals surface area (Å²) in [6.45, 7) is 0. The maximum atomic E-state index is 10.2. The summed E-state index contributed by atoms with van der Waals surface area (Å²) in [5, 5.41) is 12.3. The maximum Gasteiger partial charge on any atom is 0.0794 e. The molecule has 3 unspecified atom stereocenters. The van der Waals surface area contributed by atoms with Crippen molar-refractivity contribution in [1.82, 2.24) is 4.98 Å². The molecule has 0 bridgehead atoms. The van der Waals surface area contributed by atoms with Crippen LogP contribution in [0, 0.1) is 5.92 Å². The molecule has 0 aliphatic heterocycles. The lowest BCUT2D eigenvalue weighted by molar-refractivity contribution is 0.0615. The summed E-state index contributed by atoms with van der Waals surface area (Å²) in [4.78, 5) is 4.35. The number of hydrogen-bond donors (Lipinski definition) is 1. The molecule has 0 amide bonds. The molecule has 1 aromatic carbocycles. The minimum absolute atomic E-state index is 0.165. The van der Waals surface area contributed by atoms with E-state index in [0.29, 0.717) is 11.8 Å². The summed E-state index contributed by atoms with van der Waals surface area (Å²) >= 11 is 1.63. The summed E-state index contributed by atoms with van der Waals surface area (Å²) in [7, 11) is 0. The number of nitrogens with zero attached hydrogens (tertiary/aromatic N) is 1. The first kappa shape index (κ1) is 12.8. The van der Waals surface area contributed by atoms with E-state index in [2.05, 4.69) is 40.7 Å². The predicted octanol–water partition coefficient (Wildman–Crippen LogP) is 3.63. The van der Waals surface area contributed by atoms with Crippen molar-refractivity contribution in [3.63, 3.8) is 0 Å². The summed E-state index contributed by atoms with van der Waals surface area (Å²) in [5.74, 6) is 0.939. The van der Waals surface area contributed by atoms with Crippen molar-refractivity contribution in [3.05, 3.63) is 52.5 Å². The Labute approximate surface area is 118 Å². The summed E-state index contributed by atoms with van der Waals surface area (Å²) in [6, 6.07) is 10.7. The number of rotatable bonds is 3. The average Bonchev–Trinajstić information content (AvgIpc) is 2.95. The highest BCUT2D eigenvalue weighted by atomic mass is 32.1. The van der Waals surface area contributed by atoms with Gasteiger partial charge >= 0.3 is 0 Å². The largest absolute Gasteiger partial charge is 0.393 e. The Balaban J connectivity index is 1.70. The molecule has 2 aromatic rings. The van der Waals surface area contributed by atoms with Gasteiger partial charge in [0.1, 0.15) is 0 Å². The van der Waals surface area contributed by atoms with E-state index in [1.807, 2.05) is 5.51 Å². The van der Waals surface area contributed by atoms with Gasteiger partial charge in [0.15, 0.2) is 0 Å². The van der Waals surface area contributed by atoms with Gasteiger partial charge in [0.05, 0.1) is 17.3 Å². The van der Waals surface area contributed by atoms with E-state index in [0.717, 1.165) is 31.4 Å². The number of benzene rings is 1. The molecule has 1 N–H and O–H groups in total. The van der Waals surface area contributed by atoms with Crippen molar-refractivity contribution in [2.24, 2.45) is 5.92 Å². The van der Waals surface area contributed by atoms with Gasteiger partial charge in [0.25, 0.3) is 0 Å². The van der Waals surface area contributed by atoms with Crippen molar-refractivity contribution in [1.29, 1.82) is 0 Å². The van der Waals surface area contributed by atoms with Crippen molar-refractivity contribution >= 4 is 11.3 Å². The van der Waals surface area contributed by atoms with Crippen molar-refractivity contribution in [2.75, 3.05) is 0 Å². The number of aliphatic hydroxyl groups is 1. The van der Waals surface area contributed by atoms with Crippen LogP contribution in [-0.4, -0.2) is 16.2 Å². The highest BCUT2D eigenvalue weighted by molar-refractivity contribution is 7.07. The molecule has 0 radical (unpaired) electrons. The number of thiazole rings is 1. The van der Waals surface area contributed by atoms with Crippen molar-refractivity contribution < 1.29 is 5.11 Å². The second kappa shape index (κ2) is 5.85. The summed E-state index contributed by atoms with van der Waals surface area (Å²) in [6.07, 6.45) is 3.82. The lowest BCUT2D eigenvalue weighted by Gasteiger charge is -2.33. The van der Waals surface area contributed by atoms with Gasteiger partial charge in [-0.3, -0.25) is 0 Å². The highest BCUT2D eigenvalue weighted by Gasteiger charge is 2.30. The molecule has 3 rings (SSSR count). The number of aromatic nitrogens is 1. The fourth-order valence-electron chi connectivity index (χ4n) is 3.10. The van der Waals surface area contributed by atoms with Gasteiger partial charge < -0.3 is 5.11 Å². The molecule has 1 saturated carbocycles. The van der Waals surface area contributed by atoms with Gasteiger partial charge in [-0.25, -0.2) is 4.98 Å². The molecule has 1 aliphatic rings. The average molecular weight is 273 g/mol. The molecule has 19 heavy (non-hydrogen) atoms. The van der Waals surface area contributed by atoms with E-state index in [1.165, 1.54) is 5.56 Å². The number of hydrogen-bond acceptors (Lipinski definition) is 3. The van der Waals surface area contributed by atoms with Crippen LogP contribution in [0.1, 0.15) is 36.4 Å². The third kappa shape index (κ3) is 3.04. The van der Waals surface area contributed by atoms with Gasteiger partial charge in [-0.2, -0.15) is 0 Å². The molecule has 1 aliphatic carbocycles. The molecular weight excluding hydrogens is 254 g/mol. The SMILES string of the molecule is OC1CCC(c2ccccc2)CC1Cc1cscn1. The van der Waals surface area contributed by atoms with E-state index >= 15 is 0 Å². The highest BCUT2D eigenvalue weighted by Crippen LogP contribution is 2.37. The van der Waals surface area contributed by atoms with Crippen LogP contribution >= 0.6 is 11.3 Å². The van der Waals surface area contributed by atoms with Crippen LogP contribution < -0.4 is 0 Å². The van der Waals surface area contributed by atoms with Crippen molar-refractivity contribution in [2.45, 2.75) is 37.7 Å². The molecule has 2 nitrogen and oxygen atoms in total. The predicted molar refractivity (Wildman–Crippen MR) is 78.3 cm³/mol. The fraction of sp³-hybridized carbons (Fsp3) is 0.438. The van der Waals surface area contributed by atoms with Crippen LogP contribution in [0.25, 0.3) is 0 Å². The molecule has 0 spiro atoms. The van der Waals surface area contributed by atoms with Crippen LogP contribution in [-0.2, 0) is 6.42 Å². The Morgan fingerprint density at radius 1 is 1.21 bits per heavy atom. The Hall–Kier alpha value is -1.19. The lowest BCUT2D eigenvalue weighted by Crippen LogP contribution is -2.30. The minimum Gasteiger partial charge on any atom is -0.393 e. The second-order valence-corrected chi connectivity index (χ2v) is 6.15. The molecule has 3 atom stereocenters. The van der Waals surface area contributed by atoms with E-state index in [1.54, 1.807) is 11.3 Å². The van der Waals surface area contributed by atoms with Gasteiger partial charge in [0.2, 0.25) is 0 Å². The lowest BCUT2D eigenvalue weighted by atomic mass is 9.75. The zero-order valence-electron chi connectivity index (χ0n) is 10.9. The normalized spacial score (nSPS) is 27.3. The maximum absolute atomic E-state index is 10.2. The van der Waals surface area contributed by atoms with E-state index in [4.69, 9.17) is 0 Å². The summed E-state index contributed by atoms with van der Waals surface area (Å²) < 4.78 is 0. The summed E-state index contributed by atoms with van der Waals surface area (Å²) in [5.41, 5.74) is 4.42. The molecule has 3 heteroatoms.